The van der Waals surface area contributed by atoms with Crippen LogP contribution in [0.1, 0.15) is 0 Å². The number of hydrogen-bond acceptors (Lipinski definition) is 3. The normalized spacial score (nSPS) is 11.5. The van der Waals surface area contributed by atoms with E-state index >= 15 is 0 Å². The van der Waals surface area contributed by atoms with Crippen LogP contribution in [-0.2, 0) is 0 Å². The van der Waals surface area contributed by atoms with E-state index < -0.39 is 0 Å². The van der Waals surface area contributed by atoms with Gasteiger partial charge in [0.05, 0.1) is 11.4 Å². The second-order valence-electron chi connectivity index (χ2n) is 13.0. The summed E-state index contributed by atoms with van der Waals surface area (Å²) in [6.45, 7) is 0. The van der Waals surface area contributed by atoms with Crippen LogP contribution in [-0.4, -0.2) is 9.97 Å². The van der Waals surface area contributed by atoms with Crippen LogP contribution in [0.3, 0.4) is 0 Å². The second-order valence-corrected chi connectivity index (χ2v) is 14.1. The second kappa shape index (κ2) is 12.2. The van der Waals surface area contributed by atoms with Crippen LogP contribution < -0.4 is 0 Å². The van der Waals surface area contributed by atoms with Crippen LogP contribution in [0.25, 0.3) is 97.9 Å². The summed E-state index contributed by atoms with van der Waals surface area (Å²) in [5.41, 5.74) is 9.63. The third-order valence-corrected chi connectivity index (χ3v) is 11.0. The van der Waals surface area contributed by atoms with Gasteiger partial charge in [0, 0.05) is 36.9 Å². The Morgan fingerprint density at radius 2 is 0.980 bits per heavy atom. The highest BCUT2D eigenvalue weighted by atomic mass is 32.1. The first-order valence-corrected chi connectivity index (χ1v) is 18.0. The molecule has 0 saturated carbocycles. The predicted octanol–water partition coefficient (Wildman–Crippen LogP) is 13.5. The van der Waals surface area contributed by atoms with Crippen LogP contribution >= 0.6 is 11.3 Å². The summed E-state index contributed by atoms with van der Waals surface area (Å²) in [5, 5.41) is 7.40. The molecule has 0 saturated heterocycles. The van der Waals surface area contributed by atoms with Crippen molar-refractivity contribution in [3.8, 4) is 56.2 Å². The fourth-order valence-corrected chi connectivity index (χ4v) is 8.51. The molecule has 10 rings (SSSR count). The number of nitrogens with zero attached hydrogens (tertiary/aromatic N) is 2. The van der Waals surface area contributed by atoms with Crippen molar-refractivity contribution < 1.29 is 0 Å². The van der Waals surface area contributed by atoms with Crippen molar-refractivity contribution in [1.82, 2.24) is 9.97 Å². The van der Waals surface area contributed by atoms with Crippen molar-refractivity contribution >= 4 is 53.1 Å². The minimum atomic E-state index is 0.708. The van der Waals surface area contributed by atoms with Gasteiger partial charge in [0.2, 0.25) is 0 Å². The average molecular weight is 667 g/mol. The van der Waals surface area contributed by atoms with Gasteiger partial charge in [-0.15, -0.1) is 11.3 Å². The van der Waals surface area contributed by atoms with E-state index in [9.17, 15) is 0 Å². The van der Waals surface area contributed by atoms with E-state index in [0.29, 0.717) is 5.82 Å². The van der Waals surface area contributed by atoms with Crippen LogP contribution in [0.15, 0.2) is 182 Å². The zero-order valence-corrected chi connectivity index (χ0v) is 28.4. The maximum absolute atomic E-state index is 5.29. The molecule has 2 aromatic heterocycles. The Bertz CT molecular complexity index is 2920. The summed E-state index contributed by atoms with van der Waals surface area (Å²) in [6, 6.07) is 65.2. The third kappa shape index (κ3) is 5.27. The SMILES string of the molecule is c1ccc(-c2nc(-c3cc(-c4ccc5ccccc5c4)cc(-c4cccc5sc6ccccc6c45)c3)cc(-c3cccc4ccccc34)n2)cc1. The number of benzene rings is 8. The monoisotopic (exact) mass is 666 g/mol. The van der Waals surface area contributed by atoms with E-state index in [0.717, 1.165) is 39.2 Å². The summed E-state index contributed by atoms with van der Waals surface area (Å²) in [6.07, 6.45) is 0. The van der Waals surface area contributed by atoms with Gasteiger partial charge < -0.3 is 0 Å². The summed E-state index contributed by atoms with van der Waals surface area (Å²) in [5.74, 6) is 0.708. The molecule has 0 aliphatic carbocycles. The molecular formula is C48H30N2S. The molecule has 0 fully saturated rings. The van der Waals surface area contributed by atoms with Gasteiger partial charge in [-0.3, -0.25) is 0 Å². The van der Waals surface area contributed by atoms with Gasteiger partial charge in [-0.05, 0) is 86.3 Å². The average Bonchev–Trinajstić information content (AvgIpc) is 3.59. The minimum absolute atomic E-state index is 0.708. The molecule has 0 amide bonds. The minimum Gasteiger partial charge on any atom is -0.228 e. The lowest BCUT2D eigenvalue weighted by Gasteiger charge is -2.15. The van der Waals surface area contributed by atoms with Gasteiger partial charge in [0.25, 0.3) is 0 Å². The number of fused-ring (bicyclic) bond motifs is 5. The van der Waals surface area contributed by atoms with Crippen molar-refractivity contribution in [3.05, 3.63) is 182 Å². The standard InChI is InChI=1S/C48H30N2S/c1-2-14-33(15-3-1)48-49-43(30-44(50-48)41-21-10-17-32-13-6-7-18-39(32)41)38-28-36(35-25-24-31-12-4-5-16-34(31)26-35)27-37(29-38)40-20-11-23-46-47(40)42-19-8-9-22-45(42)51-46/h1-30H. The maximum atomic E-state index is 5.29. The lowest BCUT2D eigenvalue weighted by molar-refractivity contribution is 1.18. The molecule has 0 aliphatic heterocycles. The van der Waals surface area contributed by atoms with E-state index in [1.807, 2.05) is 29.5 Å². The fraction of sp³-hybridized carbons (Fsp3) is 0. The molecule has 8 aromatic carbocycles. The van der Waals surface area contributed by atoms with E-state index in [1.54, 1.807) is 0 Å². The Labute approximate surface area is 300 Å². The molecule has 238 valence electrons. The molecule has 2 heterocycles. The van der Waals surface area contributed by atoms with Crippen LogP contribution in [0.4, 0.5) is 0 Å². The maximum Gasteiger partial charge on any atom is 0.160 e. The smallest absolute Gasteiger partial charge is 0.160 e. The van der Waals surface area contributed by atoms with E-state index in [-0.39, 0.29) is 0 Å². The molecule has 2 nitrogen and oxygen atoms in total. The van der Waals surface area contributed by atoms with Crippen LogP contribution in [0.2, 0.25) is 0 Å². The van der Waals surface area contributed by atoms with Gasteiger partial charge in [-0.2, -0.15) is 0 Å². The van der Waals surface area contributed by atoms with Crippen molar-refractivity contribution in [1.29, 1.82) is 0 Å². The topological polar surface area (TPSA) is 25.8 Å². The van der Waals surface area contributed by atoms with Crippen molar-refractivity contribution in [2.75, 3.05) is 0 Å². The number of thiophene rings is 1. The zero-order valence-electron chi connectivity index (χ0n) is 27.6. The van der Waals surface area contributed by atoms with Crippen molar-refractivity contribution in [3.63, 3.8) is 0 Å². The molecular weight excluding hydrogens is 637 g/mol. The highest BCUT2D eigenvalue weighted by Gasteiger charge is 2.17. The highest BCUT2D eigenvalue weighted by Crippen LogP contribution is 2.42. The summed E-state index contributed by atoms with van der Waals surface area (Å²) < 4.78 is 2.59. The lowest BCUT2D eigenvalue weighted by Crippen LogP contribution is -1.97. The first kappa shape index (κ1) is 29.5. The summed E-state index contributed by atoms with van der Waals surface area (Å²) in [4.78, 5) is 10.5. The summed E-state index contributed by atoms with van der Waals surface area (Å²) in [7, 11) is 0. The molecule has 3 heteroatoms. The molecule has 0 N–H and O–H groups in total. The molecule has 0 unspecified atom stereocenters. The molecule has 51 heavy (non-hydrogen) atoms. The summed E-state index contributed by atoms with van der Waals surface area (Å²) >= 11 is 1.85. The molecule has 0 radical (unpaired) electrons. The van der Waals surface area contributed by atoms with Gasteiger partial charge in [0.1, 0.15) is 0 Å². The number of hydrogen-bond donors (Lipinski definition) is 0. The molecule has 0 spiro atoms. The molecule has 0 atom stereocenters. The molecule has 10 aromatic rings. The zero-order chi connectivity index (χ0) is 33.7. The first-order chi connectivity index (χ1) is 25.2. The van der Waals surface area contributed by atoms with E-state index in [4.69, 9.17) is 9.97 Å². The molecule has 0 aliphatic rings. The fourth-order valence-electron chi connectivity index (χ4n) is 7.38. The van der Waals surface area contributed by atoms with E-state index in [1.165, 1.54) is 52.8 Å². The van der Waals surface area contributed by atoms with Crippen molar-refractivity contribution in [2.45, 2.75) is 0 Å². The number of rotatable bonds is 5. The Morgan fingerprint density at radius 3 is 1.88 bits per heavy atom. The Kier molecular flexibility index (Phi) is 7.04. The van der Waals surface area contributed by atoms with Crippen molar-refractivity contribution in [2.24, 2.45) is 0 Å². The lowest BCUT2D eigenvalue weighted by atomic mass is 9.91. The van der Waals surface area contributed by atoms with Gasteiger partial charge in [0.15, 0.2) is 5.82 Å². The van der Waals surface area contributed by atoms with Crippen LogP contribution in [0, 0.1) is 0 Å². The van der Waals surface area contributed by atoms with Gasteiger partial charge in [-0.1, -0.05) is 140 Å². The molecule has 0 bridgehead atoms. The Hall–Kier alpha value is -6.42. The van der Waals surface area contributed by atoms with E-state index in [2.05, 4.69) is 164 Å². The van der Waals surface area contributed by atoms with Gasteiger partial charge in [-0.25, -0.2) is 9.97 Å². The number of aromatic nitrogens is 2. The quantitative estimate of drug-likeness (QED) is 0.183. The van der Waals surface area contributed by atoms with Crippen LogP contribution in [0.5, 0.6) is 0 Å². The first-order valence-electron chi connectivity index (χ1n) is 17.2. The highest BCUT2D eigenvalue weighted by molar-refractivity contribution is 7.25. The third-order valence-electron chi connectivity index (χ3n) is 9.85. The predicted molar refractivity (Wildman–Crippen MR) is 217 cm³/mol. The van der Waals surface area contributed by atoms with Gasteiger partial charge >= 0.3 is 0 Å². The Morgan fingerprint density at radius 1 is 0.333 bits per heavy atom. The largest absolute Gasteiger partial charge is 0.228 e. The Balaban J connectivity index is 1.25.